The summed E-state index contributed by atoms with van der Waals surface area (Å²) in [5, 5.41) is 0. The van der Waals surface area contributed by atoms with E-state index < -0.39 is 0 Å². The van der Waals surface area contributed by atoms with Crippen molar-refractivity contribution < 1.29 is 9.31 Å². The summed E-state index contributed by atoms with van der Waals surface area (Å²) in [5.74, 6) is 0. The zero-order valence-electron chi connectivity index (χ0n) is 13.3. The van der Waals surface area contributed by atoms with Gasteiger partial charge in [0.1, 0.15) is 0 Å². The number of hydrogen-bond donors (Lipinski definition) is 0. The molecule has 0 unspecified atom stereocenters. The van der Waals surface area contributed by atoms with Gasteiger partial charge in [-0.1, -0.05) is 20.8 Å². The van der Waals surface area contributed by atoms with E-state index in [1.807, 2.05) is 0 Å². The Morgan fingerprint density at radius 3 is 2.11 bits per heavy atom. The van der Waals surface area contributed by atoms with Gasteiger partial charge in [0.05, 0.1) is 11.2 Å². The number of nitrogens with zero attached hydrogens (tertiary/aromatic N) is 1. The second-order valence-electron chi connectivity index (χ2n) is 7.77. The molecule has 1 aromatic rings. The van der Waals surface area contributed by atoms with Crippen LogP contribution in [0.15, 0.2) is 18.5 Å². The molecule has 0 aromatic carbocycles. The summed E-state index contributed by atoms with van der Waals surface area (Å²) in [5.41, 5.74) is 0.822. The van der Waals surface area contributed by atoms with Crippen LogP contribution in [0.4, 0.5) is 0 Å². The molecule has 0 spiro atoms. The van der Waals surface area contributed by atoms with E-state index in [9.17, 15) is 0 Å². The van der Waals surface area contributed by atoms with Crippen LogP contribution in [0.1, 0.15) is 48.5 Å². The highest BCUT2D eigenvalue weighted by Gasteiger charge is 2.51. The van der Waals surface area contributed by atoms with E-state index in [0.717, 1.165) is 12.0 Å². The van der Waals surface area contributed by atoms with Crippen molar-refractivity contribution in [3.63, 3.8) is 0 Å². The number of aromatic nitrogens is 1. The van der Waals surface area contributed by atoms with Crippen LogP contribution in [0.5, 0.6) is 0 Å². The van der Waals surface area contributed by atoms with Gasteiger partial charge in [0.15, 0.2) is 0 Å². The third-order valence-corrected chi connectivity index (χ3v) is 3.96. The fourth-order valence-electron chi connectivity index (χ4n) is 2.22. The van der Waals surface area contributed by atoms with E-state index >= 15 is 0 Å². The van der Waals surface area contributed by atoms with Gasteiger partial charge in [0.2, 0.25) is 0 Å². The minimum absolute atomic E-state index is 0.258. The molecule has 0 bridgehead atoms. The molecule has 2 heterocycles. The third-order valence-electron chi connectivity index (χ3n) is 3.96. The number of hydrogen-bond acceptors (Lipinski definition) is 2. The highest BCUT2D eigenvalue weighted by atomic mass is 16.7. The summed E-state index contributed by atoms with van der Waals surface area (Å²) in [6, 6.07) is 2.09. The lowest BCUT2D eigenvalue weighted by atomic mass is 9.81. The SMILES string of the molecule is CC(C)(C)Cn1ccc(B2OC(C)(C)C(C)(C)O2)c1. The lowest BCUT2D eigenvalue weighted by Gasteiger charge is -2.32. The zero-order valence-corrected chi connectivity index (χ0v) is 13.3. The third kappa shape index (κ3) is 3.06. The van der Waals surface area contributed by atoms with Crippen LogP contribution in [0.2, 0.25) is 0 Å². The standard InChI is InChI=1S/C15H26BNO2/c1-13(2,3)11-17-9-8-12(10-17)16-18-14(4,5)15(6,7)19-16/h8-10H,11H2,1-7H3. The molecular weight excluding hydrogens is 237 g/mol. The predicted molar refractivity (Wildman–Crippen MR) is 79.6 cm³/mol. The van der Waals surface area contributed by atoms with Crippen LogP contribution >= 0.6 is 0 Å². The van der Waals surface area contributed by atoms with Crippen molar-refractivity contribution in [3.05, 3.63) is 18.5 Å². The molecule has 3 nitrogen and oxygen atoms in total. The minimum atomic E-state index is -0.274. The van der Waals surface area contributed by atoms with Crippen LogP contribution in [0.25, 0.3) is 0 Å². The van der Waals surface area contributed by atoms with E-state index in [4.69, 9.17) is 9.31 Å². The van der Waals surface area contributed by atoms with E-state index in [1.165, 1.54) is 0 Å². The van der Waals surface area contributed by atoms with Gasteiger partial charge in [-0.3, -0.25) is 0 Å². The van der Waals surface area contributed by atoms with Gasteiger partial charge >= 0.3 is 7.12 Å². The Balaban J connectivity index is 2.13. The van der Waals surface area contributed by atoms with E-state index in [2.05, 4.69) is 71.5 Å². The van der Waals surface area contributed by atoms with Gasteiger partial charge in [-0.2, -0.15) is 0 Å². The summed E-state index contributed by atoms with van der Waals surface area (Å²) in [6.07, 6.45) is 4.24. The maximum Gasteiger partial charge on any atom is 0.496 e. The van der Waals surface area contributed by atoms with E-state index in [0.29, 0.717) is 0 Å². The smallest absolute Gasteiger partial charge is 0.399 e. The molecule has 0 aliphatic carbocycles. The summed E-state index contributed by atoms with van der Waals surface area (Å²) in [4.78, 5) is 0. The second-order valence-corrected chi connectivity index (χ2v) is 7.77. The Morgan fingerprint density at radius 1 is 1.11 bits per heavy atom. The fraction of sp³-hybridized carbons (Fsp3) is 0.733. The highest BCUT2D eigenvalue weighted by molar-refractivity contribution is 6.62. The molecular formula is C15H26BNO2. The maximum atomic E-state index is 6.06. The van der Waals surface area contributed by atoms with Crippen LogP contribution in [0, 0.1) is 5.41 Å². The van der Waals surface area contributed by atoms with Gasteiger partial charge in [-0.15, -0.1) is 0 Å². The molecule has 2 rings (SSSR count). The van der Waals surface area contributed by atoms with Crippen LogP contribution in [0.3, 0.4) is 0 Å². The number of rotatable bonds is 2. The zero-order chi connectivity index (χ0) is 14.5. The first kappa shape index (κ1) is 14.7. The Bertz CT molecular complexity index is 441. The van der Waals surface area contributed by atoms with Crippen molar-refractivity contribution >= 4 is 12.6 Å². The van der Waals surface area contributed by atoms with Crippen LogP contribution < -0.4 is 5.46 Å². The topological polar surface area (TPSA) is 23.4 Å². The summed E-state index contributed by atoms with van der Waals surface area (Å²) in [6.45, 7) is 16.0. The molecule has 1 aliphatic heterocycles. The lowest BCUT2D eigenvalue weighted by Crippen LogP contribution is -2.41. The van der Waals surface area contributed by atoms with Crippen molar-refractivity contribution in [1.29, 1.82) is 0 Å². The van der Waals surface area contributed by atoms with Gasteiger partial charge in [0.25, 0.3) is 0 Å². The molecule has 0 amide bonds. The molecule has 0 N–H and O–H groups in total. The van der Waals surface area contributed by atoms with Crippen molar-refractivity contribution in [3.8, 4) is 0 Å². The summed E-state index contributed by atoms with van der Waals surface area (Å²) < 4.78 is 14.3. The average Bonchev–Trinajstić information content (AvgIpc) is 2.68. The largest absolute Gasteiger partial charge is 0.496 e. The van der Waals surface area contributed by atoms with Crippen LogP contribution in [-0.2, 0) is 15.9 Å². The van der Waals surface area contributed by atoms with E-state index in [-0.39, 0.29) is 23.7 Å². The molecule has 0 saturated carbocycles. The van der Waals surface area contributed by atoms with Gasteiger partial charge in [-0.25, -0.2) is 0 Å². The Labute approximate surface area is 117 Å². The van der Waals surface area contributed by atoms with Crippen molar-refractivity contribution in [2.24, 2.45) is 5.41 Å². The molecule has 4 heteroatoms. The molecule has 1 saturated heterocycles. The van der Waals surface area contributed by atoms with Crippen molar-refractivity contribution in [2.45, 2.75) is 66.2 Å². The maximum absolute atomic E-state index is 6.06. The summed E-state index contributed by atoms with van der Waals surface area (Å²) in [7, 11) is -0.258. The first-order valence-corrected chi connectivity index (χ1v) is 7.02. The van der Waals surface area contributed by atoms with E-state index in [1.54, 1.807) is 0 Å². The molecule has 1 aliphatic rings. The summed E-state index contributed by atoms with van der Waals surface area (Å²) >= 11 is 0. The predicted octanol–water partition coefficient (Wildman–Crippen LogP) is 2.83. The quantitative estimate of drug-likeness (QED) is 0.766. The fourth-order valence-corrected chi connectivity index (χ4v) is 2.22. The van der Waals surface area contributed by atoms with Gasteiger partial charge in [-0.05, 0) is 39.2 Å². The molecule has 0 radical (unpaired) electrons. The normalized spacial score (nSPS) is 21.9. The van der Waals surface area contributed by atoms with Gasteiger partial charge in [0, 0.05) is 24.4 Å². The average molecular weight is 263 g/mol. The Kier molecular flexibility index (Phi) is 3.39. The Morgan fingerprint density at radius 2 is 1.63 bits per heavy atom. The molecule has 1 aromatic heterocycles. The van der Waals surface area contributed by atoms with Crippen LogP contribution in [-0.4, -0.2) is 22.9 Å². The lowest BCUT2D eigenvalue weighted by molar-refractivity contribution is 0.00578. The van der Waals surface area contributed by atoms with Crippen molar-refractivity contribution in [1.82, 2.24) is 4.57 Å². The van der Waals surface area contributed by atoms with Crippen molar-refractivity contribution in [2.75, 3.05) is 0 Å². The molecule has 1 fully saturated rings. The second kappa shape index (κ2) is 4.39. The monoisotopic (exact) mass is 263 g/mol. The minimum Gasteiger partial charge on any atom is -0.399 e. The highest BCUT2D eigenvalue weighted by Crippen LogP contribution is 2.36. The first-order valence-electron chi connectivity index (χ1n) is 7.02. The molecule has 19 heavy (non-hydrogen) atoms. The Hall–Kier alpha value is -0.735. The van der Waals surface area contributed by atoms with Gasteiger partial charge < -0.3 is 13.9 Å². The molecule has 0 atom stereocenters. The first-order chi connectivity index (χ1) is 8.50. The molecule has 106 valence electrons.